The van der Waals surface area contributed by atoms with E-state index in [1.807, 2.05) is 0 Å². The first-order valence-corrected chi connectivity index (χ1v) is 6.43. The van der Waals surface area contributed by atoms with E-state index in [4.69, 9.17) is 4.74 Å². The van der Waals surface area contributed by atoms with Crippen molar-refractivity contribution in [3.63, 3.8) is 0 Å². The summed E-state index contributed by atoms with van der Waals surface area (Å²) in [5.74, 6) is -2.27. The van der Waals surface area contributed by atoms with Crippen molar-refractivity contribution in [3.05, 3.63) is 24.3 Å². The molecule has 1 atom stereocenters. The third-order valence-corrected chi connectivity index (χ3v) is 3.05. The van der Waals surface area contributed by atoms with E-state index in [1.54, 1.807) is 38.1 Å². The van der Waals surface area contributed by atoms with Crippen molar-refractivity contribution in [1.82, 2.24) is 0 Å². The average Bonchev–Trinajstić information content (AvgIpc) is 2.56. The molecule has 0 fully saturated rings. The highest BCUT2D eigenvalue weighted by Crippen LogP contribution is 2.29. The number of esters is 1. The lowest BCUT2D eigenvalue weighted by Gasteiger charge is -2.22. The molecule has 6 nitrogen and oxygen atoms in total. The van der Waals surface area contributed by atoms with Crippen molar-refractivity contribution >= 4 is 29.2 Å². The standard InChI is InChI=1S/C14H16N2O4/c1-3-20-14(19)13(18)16-8-9(2)12(17)15-10-6-4-5-7-11(10)16/h4-7,9H,3,8H2,1-2H3,(H,15,17)/t9-/m0/s1. The van der Waals surface area contributed by atoms with Crippen LogP contribution in [0.2, 0.25) is 0 Å². The predicted octanol–water partition coefficient (Wildman–Crippen LogP) is 1.17. The Labute approximate surface area is 116 Å². The zero-order valence-corrected chi connectivity index (χ0v) is 11.4. The fraction of sp³-hybridized carbons (Fsp3) is 0.357. The van der Waals surface area contributed by atoms with E-state index < -0.39 is 17.8 Å². The molecule has 0 saturated carbocycles. The minimum atomic E-state index is -0.913. The number of nitrogens with zero attached hydrogens (tertiary/aromatic N) is 1. The molecule has 1 aromatic carbocycles. The molecule has 1 N–H and O–H groups in total. The Morgan fingerprint density at radius 2 is 2.10 bits per heavy atom. The maximum Gasteiger partial charge on any atom is 0.397 e. The summed E-state index contributed by atoms with van der Waals surface area (Å²) in [6.45, 7) is 3.61. The molecule has 1 aromatic rings. The number of para-hydroxylation sites is 2. The number of fused-ring (bicyclic) bond motifs is 1. The number of ether oxygens (including phenoxy) is 1. The van der Waals surface area contributed by atoms with Crippen LogP contribution in [-0.2, 0) is 19.1 Å². The molecule has 1 aliphatic heterocycles. The Morgan fingerprint density at radius 3 is 2.80 bits per heavy atom. The van der Waals surface area contributed by atoms with Crippen molar-refractivity contribution in [2.45, 2.75) is 13.8 Å². The molecule has 2 rings (SSSR count). The Morgan fingerprint density at radius 1 is 1.40 bits per heavy atom. The Kier molecular flexibility index (Phi) is 4.02. The smallest absolute Gasteiger partial charge is 0.397 e. The molecule has 1 aliphatic rings. The lowest BCUT2D eigenvalue weighted by molar-refractivity contribution is -0.153. The average molecular weight is 276 g/mol. The van der Waals surface area contributed by atoms with Crippen molar-refractivity contribution in [1.29, 1.82) is 0 Å². The number of carbonyl (C=O) groups is 3. The molecule has 1 heterocycles. The van der Waals surface area contributed by atoms with E-state index in [1.165, 1.54) is 4.90 Å². The van der Waals surface area contributed by atoms with Gasteiger partial charge in [-0.05, 0) is 19.1 Å². The molecule has 6 heteroatoms. The minimum Gasteiger partial charge on any atom is -0.459 e. The van der Waals surface area contributed by atoms with E-state index >= 15 is 0 Å². The lowest BCUT2D eigenvalue weighted by atomic mass is 10.1. The third kappa shape index (κ3) is 2.64. The molecule has 106 valence electrons. The van der Waals surface area contributed by atoms with Crippen LogP contribution >= 0.6 is 0 Å². The Balaban J connectivity index is 2.38. The summed E-state index contributed by atoms with van der Waals surface area (Å²) in [4.78, 5) is 37.0. The highest BCUT2D eigenvalue weighted by atomic mass is 16.5. The summed E-state index contributed by atoms with van der Waals surface area (Å²) in [6.07, 6.45) is 0. The van der Waals surface area contributed by atoms with Gasteiger partial charge < -0.3 is 10.1 Å². The van der Waals surface area contributed by atoms with Gasteiger partial charge in [0.25, 0.3) is 0 Å². The second kappa shape index (κ2) is 5.73. The van der Waals surface area contributed by atoms with E-state index in [0.29, 0.717) is 11.4 Å². The second-order valence-corrected chi connectivity index (χ2v) is 4.54. The summed E-state index contributed by atoms with van der Waals surface area (Å²) in [6, 6.07) is 6.87. The molecular formula is C14H16N2O4. The summed E-state index contributed by atoms with van der Waals surface area (Å²) in [5.41, 5.74) is 1.02. The van der Waals surface area contributed by atoms with Gasteiger partial charge in [-0.15, -0.1) is 0 Å². The van der Waals surface area contributed by atoms with E-state index in [9.17, 15) is 14.4 Å². The monoisotopic (exact) mass is 276 g/mol. The molecule has 0 bridgehead atoms. The lowest BCUT2D eigenvalue weighted by Crippen LogP contribution is -2.40. The van der Waals surface area contributed by atoms with E-state index in [0.717, 1.165) is 0 Å². The van der Waals surface area contributed by atoms with Crippen molar-refractivity contribution in [3.8, 4) is 0 Å². The number of rotatable bonds is 1. The zero-order chi connectivity index (χ0) is 14.7. The summed E-state index contributed by atoms with van der Waals surface area (Å²) in [7, 11) is 0. The van der Waals surface area contributed by atoms with E-state index in [-0.39, 0.29) is 19.1 Å². The van der Waals surface area contributed by atoms with Crippen molar-refractivity contribution in [2.75, 3.05) is 23.4 Å². The number of amides is 2. The number of hydrogen-bond donors (Lipinski definition) is 1. The first-order valence-electron chi connectivity index (χ1n) is 6.43. The first kappa shape index (κ1) is 14.0. The molecule has 20 heavy (non-hydrogen) atoms. The molecular weight excluding hydrogens is 260 g/mol. The Bertz CT molecular complexity index is 556. The number of benzene rings is 1. The van der Waals surface area contributed by atoms with Crippen LogP contribution in [0.15, 0.2) is 24.3 Å². The van der Waals surface area contributed by atoms with Crippen LogP contribution in [-0.4, -0.2) is 30.9 Å². The Hall–Kier alpha value is -2.37. The van der Waals surface area contributed by atoms with Gasteiger partial charge in [0.1, 0.15) is 0 Å². The third-order valence-electron chi connectivity index (χ3n) is 3.05. The van der Waals surface area contributed by atoms with Gasteiger partial charge in [0.15, 0.2) is 0 Å². The number of nitrogens with one attached hydrogen (secondary N) is 1. The molecule has 2 amide bonds. The molecule has 0 radical (unpaired) electrons. The zero-order valence-electron chi connectivity index (χ0n) is 11.4. The highest BCUT2D eigenvalue weighted by molar-refractivity contribution is 6.38. The van der Waals surface area contributed by atoms with Gasteiger partial charge in [0.05, 0.1) is 23.9 Å². The van der Waals surface area contributed by atoms with Gasteiger partial charge in [0, 0.05) is 6.54 Å². The van der Waals surface area contributed by atoms with Gasteiger partial charge >= 0.3 is 11.9 Å². The fourth-order valence-electron chi connectivity index (χ4n) is 2.02. The maximum absolute atomic E-state index is 12.2. The highest BCUT2D eigenvalue weighted by Gasteiger charge is 2.32. The van der Waals surface area contributed by atoms with Gasteiger partial charge in [-0.3, -0.25) is 14.5 Å². The van der Waals surface area contributed by atoms with Crippen LogP contribution in [0.4, 0.5) is 11.4 Å². The molecule has 0 unspecified atom stereocenters. The van der Waals surface area contributed by atoms with Crippen molar-refractivity contribution < 1.29 is 19.1 Å². The van der Waals surface area contributed by atoms with Crippen LogP contribution in [0.1, 0.15) is 13.8 Å². The van der Waals surface area contributed by atoms with Gasteiger partial charge in [-0.2, -0.15) is 0 Å². The van der Waals surface area contributed by atoms with Crippen LogP contribution in [0.25, 0.3) is 0 Å². The fourth-order valence-corrected chi connectivity index (χ4v) is 2.02. The van der Waals surface area contributed by atoms with E-state index in [2.05, 4.69) is 5.32 Å². The summed E-state index contributed by atoms with van der Waals surface area (Å²) < 4.78 is 4.74. The van der Waals surface area contributed by atoms with Gasteiger partial charge in [0.2, 0.25) is 5.91 Å². The van der Waals surface area contributed by atoms with Crippen molar-refractivity contribution in [2.24, 2.45) is 5.92 Å². The predicted molar refractivity (Wildman–Crippen MR) is 73.2 cm³/mol. The topological polar surface area (TPSA) is 75.7 Å². The SMILES string of the molecule is CCOC(=O)C(=O)N1C[C@H](C)C(=O)Nc2ccccc21. The molecule has 0 aromatic heterocycles. The summed E-state index contributed by atoms with van der Waals surface area (Å²) in [5, 5.41) is 2.74. The molecule has 0 saturated heterocycles. The van der Waals surface area contributed by atoms with Crippen LogP contribution < -0.4 is 10.2 Å². The minimum absolute atomic E-state index is 0.132. The molecule has 0 aliphatic carbocycles. The number of hydrogen-bond acceptors (Lipinski definition) is 4. The number of anilines is 2. The number of carbonyl (C=O) groups excluding carboxylic acids is 3. The maximum atomic E-state index is 12.2. The second-order valence-electron chi connectivity index (χ2n) is 4.54. The largest absolute Gasteiger partial charge is 0.459 e. The van der Waals surface area contributed by atoms with Crippen LogP contribution in [0, 0.1) is 5.92 Å². The van der Waals surface area contributed by atoms with Crippen LogP contribution in [0.5, 0.6) is 0 Å². The normalized spacial score (nSPS) is 17.8. The van der Waals surface area contributed by atoms with Gasteiger partial charge in [-0.25, -0.2) is 4.79 Å². The quantitative estimate of drug-likeness (QED) is 0.617. The van der Waals surface area contributed by atoms with Crippen LogP contribution in [0.3, 0.4) is 0 Å². The molecule has 0 spiro atoms. The summed E-state index contributed by atoms with van der Waals surface area (Å²) >= 11 is 0. The van der Waals surface area contributed by atoms with Gasteiger partial charge in [-0.1, -0.05) is 19.1 Å². The first-order chi connectivity index (χ1) is 9.54.